The van der Waals surface area contributed by atoms with Gasteiger partial charge in [0.1, 0.15) is 5.75 Å². The highest BCUT2D eigenvalue weighted by Gasteiger charge is 2.43. The Labute approximate surface area is 212 Å². The van der Waals surface area contributed by atoms with E-state index in [1.54, 1.807) is 18.3 Å². The number of hydrogen-bond acceptors (Lipinski definition) is 5. The third-order valence-electron chi connectivity index (χ3n) is 5.50. The summed E-state index contributed by atoms with van der Waals surface area (Å²) in [4.78, 5) is 10.0. The lowest BCUT2D eigenvalue weighted by Gasteiger charge is -2.29. The first-order valence-corrected chi connectivity index (χ1v) is 13.5. The van der Waals surface area contributed by atoms with E-state index in [2.05, 4.69) is 42.6 Å². The van der Waals surface area contributed by atoms with E-state index >= 15 is 0 Å². The number of methoxy groups -OCH3 is 1. The van der Waals surface area contributed by atoms with Gasteiger partial charge in [-0.15, -0.1) is 0 Å². The van der Waals surface area contributed by atoms with Crippen molar-refractivity contribution in [1.82, 2.24) is 15.3 Å². The summed E-state index contributed by atoms with van der Waals surface area (Å²) in [7, 11) is -2.01. The number of aromatic amines is 1. The summed E-state index contributed by atoms with van der Waals surface area (Å²) in [6, 6.07) is 10.7. The lowest BCUT2D eigenvalue weighted by molar-refractivity contribution is 0.417. The van der Waals surface area contributed by atoms with Crippen LogP contribution in [0.5, 0.6) is 5.75 Å². The van der Waals surface area contributed by atoms with Gasteiger partial charge in [-0.2, -0.15) is 0 Å². The molecule has 0 spiro atoms. The molecular formula is C22H24IN5O3S2. The number of anilines is 2. The zero-order valence-electron chi connectivity index (χ0n) is 18.5. The van der Waals surface area contributed by atoms with Crippen LogP contribution in [0.15, 0.2) is 42.6 Å². The van der Waals surface area contributed by atoms with Crippen LogP contribution in [0.2, 0.25) is 0 Å². The highest BCUT2D eigenvalue weighted by Crippen LogP contribution is 2.45. The lowest BCUT2D eigenvalue weighted by atomic mass is 9.96. The van der Waals surface area contributed by atoms with E-state index in [0.29, 0.717) is 16.5 Å². The highest BCUT2D eigenvalue weighted by molar-refractivity contribution is 14.1. The van der Waals surface area contributed by atoms with Crippen LogP contribution in [0.25, 0.3) is 0 Å². The van der Waals surface area contributed by atoms with Crippen LogP contribution in [0, 0.1) is 17.4 Å². The maximum absolute atomic E-state index is 11.9. The van der Waals surface area contributed by atoms with Gasteiger partial charge in [-0.1, -0.05) is 6.07 Å². The van der Waals surface area contributed by atoms with Gasteiger partial charge in [0.15, 0.2) is 5.11 Å². The number of ether oxygens (including phenoxy) is 1. The van der Waals surface area contributed by atoms with E-state index < -0.39 is 10.0 Å². The minimum Gasteiger partial charge on any atom is -0.495 e. The molecule has 2 atom stereocenters. The molecule has 0 unspecified atom stereocenters. The number of rotatable bonds is 6. The largest absolute Gasteiger partial charge is 0.495 e. The minimum absolute atomic E-state index is 0.200. The number of hydrogen-bond donors (Lipinski definition) is 3. The van der Waals surface area contributed by atoms with E-state index in [1.165, 1.54) is 7.11 Å². The topological polar surface area (TPSA) is 99.3 Å². The average molecular weight is 598 g/mol. The molecule has 8 nitrogen and oxygen atoms in total. The molecule has 1 aliphatic heterocycles. The van der Waals surface area contributed by atoms with Crippen molar-refractivity contribution in [2.45, 2.75) is 25.9 Å². The van der Waals surface area contributed by atoms with E-state index in [-0.39, 0.29) is 12.1 Å². The standard InChI is InChI=1S/C22H24IN5O3S2/c1-12-18(19(23)13(2)25-12)21-20(15-7-5-6-10-24-15)26-22(32)28(21)14-8-9-17(31-3)16(11-14)27-33(4,29)30/h5-11,20-21,25,27H,1-4H3,(H,26,32)/t20-,21-/m0/s1. The Morgan fingerprint density at radius 2 is 1.97 bits per heavy atom. The molecule has 0 amide bonds. The number of nitrogens with zero attached hydrogens (tertiary/aromatic N) is 2. The quantitative estimate of drug-likeness (QED) is 0.290. The van der Waals surface area contributed by atoms with Gasteiger partial charge in [-0.25, -0.2) is 8.42 Å². The average Bonchev–Trinajstić information content (AvgIpc) is 3.22. The summed E-state index contributed by atoms with van der Waals surface area (Å²) in [5.41, 5.74) is 5.18. The van der Waals surface area contributed by atoms with Crippen molar-refractivity contribution in [3.05, 3.63) is 68.8 Å². The Morgan fingerprint density at radius 1 is 1.21 bits per heavy atom. The Balaban J connectivity index is 1.89. The molecule has 0 aliphatic carbocycles. The Morgan fingerprint density at radius 3 is 2.55 bits per heavy atom. The summed E-state index contributed by atoms with van der Waals surface area (Å²) in [6.45, 7) is 4.09. The van der Waals surface area contributed by atoms with Crippen molar-refractivity contribution in [3.63, 3.8) is 0 Å². The van der Waals surface area contributed by atoms with Crippen LogP contribution >= 0.6 is 34.8 Å². The van der Waals surface area contributed by atoms with Gasteiger partial charge in [0, 0.05) is 32.4 Å². The first-order valence-electron chi connectivity index (χ1n) is 10.1. The van der Waals surface area contributed by atoms with Crippen LogP contribution in [0.4, 0.5) is 11.4 Å². The molecule has 174 valence electrons. The molecule has 3 heterocycles. The van der Waals surface area contributed by atoms with E-state index in [1.807, 2.05) is 43.0 Å². The predicted molar refractivity (Wildman–Crippen MR) is 142 cm³/mol. The molecule has 1 saturated heterocycles. The summed E-state index contributed by atoms with van der Waals surface area (Å²) in [6.07, 6.45) is 2.87. The Bertz CT molecular complexity index is 1310. The number of halogens is 1. The van der Waals surface area contributed by atoms with Gasteiger partial charge in [0.2, 0.25) is 10.0 Å². The summed E-state index contributed by atoms with van der Waals surface area (Å²) < 4.78 is 32.9. The maximum Gasteiger partial charge on any atom is 0.229 e. The first kappa shape index (κ1) is 23.8. The van der Waals surface area contributed by atoms with Crippen LogP contribution < -0.4 is 19.7 Å². The highest BCUT2D eigenvalue weighted by atomic mass is 127. The molecule has 1 fully saturated rings. The molecule has 4 rings (SSSR count). The van der Waals surface area contributed by atoms with Gasteiger partial charge >= 0.3 is 0 Å². The second kappa shape index (κ2) is 9.11. The van der Waals surface area contributed by atoms with E-state index in [9.17, 15) is 8.42 Å². The molecule has 1 aromatic carbocycles. The number of nitrogens with one attached hydrogen (secondary N) is 3. The van der Waals surface area contributed by atoms with Crippen LogP contribution in [0.3, 0.4) is 0 Å². The predicted octanol–water partition coefficient (Wildman–Crippen LogP) is 4.19. The van der Waals surface area contributed by atoms with Crippen LogP contribution in [-0.4, -0.2) is 36.9 Å². The number of pyridine rings is 1. The SMILES string of the molecule is COc1ccc(N2C(=S)N[C@@H](c3ccccn3)[C@@H]2c2c(C)[nH]c(C)c2I)cc1NS(C)(=O)=O. The molecule has 11 heteroatoms. The molecule has 0 radical (unpaired) electrons. The molecule has 0 bridgehead atoms. The third-order valence-corrected chi connectivity index (χ3v) is 7.79. The van der Waals surface area contributed by atoms with Crippen LogP contribution in [0.1, 0.15) is 34.7 Å². The fraction of sp³-hybridized carbons (Fsp3) is 0.273. The monoisotopic (exact) mass is 597 g/mol. The third kappa shape index (κ3) is 4.66. The normalized spacial score (nSPS) is 18.3. The molecular weight excluding hydrogens is 573 g/mol. The number of sulfonamides is 1. The number of aromatic nitrogens is 2. The van der Waals surface area contributed by atoms with Crippen LogP contribution in [-0.2, 0) is 10.0 Å². The summed E-state index contributed by atoms with van der Waals surface area (Å²) in [5, 5.41) is 3.96. The van der Waals surface area contributed by atoms with Gasteiger partial charge in [-0.05, 0) is 79.0 Å². The van der Waals surface area contributed by atoms with Crippen molar-refractivity contribution in [2.75, 3.05) is 23.0 Å². The van der Waals surface area contributed by atoms with Gasteiger partial charge in [0.25, 0.3) is 0 Å². The van der Waals surface area contributed by atoms with E-state index in [0.717, 1.165) is 38.2 Å². The second-order valence-corrected chi connectivity index (χ2v) is 11.1. The summed E-state index contributed by atoms with van der Waals surface area (Å²) >= 11 is 8.14. The van der Waals surface area contributed by atoms with Crippen molar-refractivity contribution in [3.8, 4) is 5.75 Å². The maximum atomic E-state index is 11.9. The second-order valence-electron chi connectivity index (χ2n) is 7.86. The fourth-order valence-corrected chi connectivity index (χ4v) is 5.94. The number of thiocarbonyl (C=S) groups is 1. The Hall–Kier alpha value is -2.38. The lowest BCUT2D eigenvalue weighted by Crippen LogP contribution is -2.30. The van der Waals surface area contributed by atoms with E-state index in [4.69, 9.17) is 17.0 Å². The first-order chi connectivity index (χ1) is 15.6. The zero-order valence-corrected chi connectivity index (χ0v) is 22.3. The van der Waals surface area contributed by atoms with Crippen molar-refractivity contribution < 1.29 is 13.2 Å². The molecule has 3 aromatic rings. The molecule has 3 N–H and O–H groups in total. The van der Waals surface area contributed by atoms with Gasteiger partial charge < -0.3 is 19.9 Å². The zero-order chi connectivity index (χ0) is 23.9. The number of H-pyrrole nitrogens is 1. The number of aryl methyl sites for hydroxylation is 2. The van der Waals surface area contributed by atoms with Gasteiger partial charge in [-0.3, -0.25) is 9.71 Å². The Kier molecular flexibility index (Phi) is 6.56. The molecule has 1 aliphatic rings. The minimum atomic E-state index is -3.51. The molecule has 2 aromatic heterocycles. The molecule has 0 saturated carbocycles. The fourth-order valence-electron chi connectivity index (χ4n) is 4.17. The summed E-state index contributed by atoms with van der Waals surface area (Å²) in [5.74, 6) is 0.420. The van der Waals surface area contributed by atoms with Crippen molar-refractivity contribution in [1.29, 1.82) is 0 Å². The van der Waals surface area contributed by atoms with Gasteiger partial charge in [0.05, 0.1) is 36.8 Å². The smallest absolute Gasteiger partial charge is 0.229 e. The van der Waals surface area contributed by atoms with Crippen molar-refractivity contribution >= 4 is 61.3 Å². The van der Waals surface area contributed by atoms with Crippen molar-refractivity contribution in [2.24, 2.45) is 0 Å². The molecule has 33 heavy (non-hydrogen) atoms. The number of benzene rings is 1.